The maximum absolute atomic E-state index is 11.6. The molecule has 0 aromatic carbocycles. The largest absolute Gasteiger partial charge is 0.341 e. The molecule has 6 nitrogen and oxygen atoms in total. The molecule has 1 saturated heterocycles. The molecule has 0 radical (unpaired) electrons. The average molecular weight is 242 g/mol. The Morgan fingerprint density at radius 1 is 1.47 bits per heavy atom. The zero-order valence-corrected chi connectivity index (χ0v) is 10.7. The third-order valence-electron chi connectivity index (χ3n) is 3.19. The number of hydrogen-bond acceptors (Lipinski definition) is 4. The number of amides is 3. The van der Waals surface area contributed by atoms with Crippen LogP contribution in [0, 0.1) is 0 Å². The Kier molecular flexibility index (Phi) is 5.37. The van der Waals surface area contributed by atoms with E-state index in [0.29, 0.717) is 6.04 Å². The maximum Gasteiger partial charge on any atom is 0.321 e. The van der Waals surface area contributed by atoms with Gasteiger partial charge in [0.1, 0.15) is 0 Å². The van der Waals surface area contributed by atoms with Gasteiger partial charge < -0.3 is 15.5 Å². The minimum Gasteiger partial charge on any atom is -0.341 e. The van der Waals surface area contributed by atoms with Gasteiger partial charge in [0.05, 0.1) is 6.04 Å². The first-order valence-electron chi connectivity index (χ1n) is 6.00. The number of carbonyl (C=O) groups excluding carboxylic acids is 2. The molecule has 0 bridgehead atoms. The van der Waals surface area contributed by atoms with E-state index in [4.69, 9.17) is 0 Å². The van der Waals surface area contributed by atoms with Gasteiger partial charge >= 0.3 is 6.03 Å². The van der Waals surface area contributed by atoms with Crippen LogP contribution in [0.4, 0.5) is 4.79 Å². The molecule has 1 aliphatic rings. The molecule has 0 aromatic rings. The number of urea groups is 1. The van der Waals surface area contributed by atoms with E-state index >= 15 is 0 Å². The van der Waals surface area contributed by atoms with Crippen molar-refractivity contribution in [3.63, 3.8) is 0 Å². The second-order valence-electron chi connectivity index (χ2n) is 4.47. The third kappa shape index (κ3) is 4.32. The Labute approximate surface area is 102 Å². The second kappa shape index (κ2) is 6.56. The van der Waals surface area contributed by atoms with Crippen LogP contribution in [0.2, 0.25) is 0 Å². The van der Waals surface area contributed by atoms with Crippen molar-refractivity contribution in [1.29, 1.82) is 0 Å². The average Bonchev–Trinajstić information content (AvgIpc) is 2.71. The normalized spacial score (nSPS) is 22.2. The SMILES string of the molecule is CNC(=O)NC(=O)C(C)NCC1CCCN1C. The summed E-state index contributed by atoms with van der Waals surface area (Å²) >= 11 is 0. The summed E-state index contributed by atoms with van der Waals surface area (Å²) in [4.78, 5) is 24.8. The van der Waals surface area contributed by atoms with E-state index in [1.54, 1.807) is 6.92 Å². The van der Waals surface area contributed by atoms with Crippen molar-refractivity contribution in [3.05, 3.63) is 0 Å². The Morgan fingerprint density at radius 2 is 2.18 bits per heavy atom. The fourth-order valence-corrected chi connectivity index (χ4v) is 1.93. The standard InChI is InChI=1S/C11H22N4O2/c1-8(10(16)14-11(17)12-2)13-7-9-5-4-6-15(9)3/h8-9,13H,4-7H2,1-3H3,(H2,12,14,16,17). The number of nitrogens with zero attached hydrogens (tertiary/aromatic N) is 1. The van der Waals surface area contributed by atoms with Crippen LogP contribution in [-0.2, 0) is 4.79 Å². The van der Waals surface area contributed by atoms with Gasteiger partial charge in [0, 0.05) is 19.6 Å². The summed E-state index contributed by atoms with van der Waals surface area (Å²) in [7, 11) is 3.57. The van der Waals surface area contributed by atoms with Crippen LogP contribution < -0.4 is 16.0 Å². The molecule has 0 aromatic heterocycles. The summed E-state index contributed by atoms with van der Waals surface area (Å²) in [6.45, 7) is 3.65. The van der Waals surface area contributed by atoms with E-state index in [1.165, 1.54) is 13.5 Å². The minimum absolute atomic E-state index is 0.301. The van der Waals surface area contributed by atoms with E-state index < -0.39 is 6.03 Å². The Balaban J connectivity index is 2.26. The molecule has 1 aliphatic heterocycles. The lowest BCUT2D eigenvalue weighted by molar-refractivity contribution is -0.121. The smallest absolute Gasteiger partial charge is 0.321 e. The van der Waals surface area contributed by atoms with Crippen LogP contribution in [0.5, 0.6) is 0 Å². The fraction of sp³-hybridized carbons (Fsp3) is 0.818. The molecule has 0 aliphatic carbocycles. The first-order chi connectivity index (χ1) is 8.04. The molecule has 0 spiro atoms. The third-order valence-corrected chi connectivity index (χ3v) is 3.19. The van der Waals surface area contributed by atoms with Crippen molar-refractivity contribution in [1.82, 2.24) is 20.9 Å². The van der Waals surface area contributed by atoms with Gasteiger partial charge in [0.15, 0.2) is 0 Å². The number of likely N-dealkylation sites (tertiary alicyclic amines) is 1. The monoisotopic (exact) mass is 242 g/mol. The van der Waals surface area contributed by atoms with Crippen molar-refractivity contribution >= 4 is 11.9 Å². The molecule has 3 N–H and O–H groups in total. The summed E-state index contributed by atoms with van der Waals surface area (Å²) in [5.74, 6) is -0.301. The van der Waals surface area contributed by atoms with Gasteiger partial charge in [-0.1, -0.05) is 0 Å². The maximum atomic E-state index is 11.6. The summed E-state index contributed by atoms with van der Waals surface area (Å²) in [6.07, 6.45) is 2.37. The topological polar surface area (TPSA) is 73.5 Å². The Bertz CT molecular complexity index is 283. The lowest BCUT2D eigenvalue weighted by Gasteiger charge is -2.22. The summed E-state index contributed by atoms with van der Waals surface area (Å²) < 4.78 is 0. The predicted octanol–water partition coefficient (Wildman–Crippen LogP) is -0.486. The number of carbonyl (C=O) groups is 2. The molecular weight excluding hydrogens is 220 g/mol. The van der Waals surface area contributed by atoms with E-state index in [1.807, 2.05) is 0 Å². The molecule has 1 heterocycles. The van der Waals surface area contributed by atoms with Crippen LogP contribution in [-0.4, -0.2) is 56.1 Å². The van der Waals surface area contributed by atoms with E-state index in [2.05, 4.69) is 27.9 Å². The van der Waals surface area contributed by atoms with Crippen LogP contribution in [0.1, 0.15) is 19.8 Å². The zero-order chi connectivity index (χ0) is 12.8. The lowest BCUT2D eigenvalue weighted by Crippen LogP contribution is -2.49. The molecular formula is C11H22N4O2. The van der Waals surface area contributed by atoms with Gasteiger partial charge in [-0.2, -0.15) is 0 Å². The second-order valence-corrected chi connectivity index (χ2v) is 4.47. The predicted molar refractivity (Wildman–Crippen MR) is 65.7 cm³/mol. The van der Waals surface area contributed by atoms with Crippen molar-refractivity contribution in [3.8, 4) is 0 Å². The summed E-state index contributed by atoms with van der Waals surface area (Å²) in [5.41, 5.74) is 0. The fourth-order valence-electron chi connectivity index (χ4n) is 1.93. The Morgan fingerprint density at radius 3 is 2.71 bits per heavy atom. The molecule has 6 heteroatoms. The summed E-state index contributed by atoms with van der Waals surface area (Å²) in [6, 6.07) is -0.340. The molecule has 2 unspecified atom stereocenters. The van der Waals surface area contributed by atoms with E-state index in [9.17, 15) is 9.59 Å². The highest BCUT2D eigenvalue weighted by atomic mass is 16.2. The van der Waals surface area contributed by atoms with Crippen LogP contribution in [0.25, 0.3) is 0 Å². The summed E-state index contributed by atoms with van der Waals surface area (Å²) in [5, 5.41) is 7.75. The molecule has 1 fully saturated rings. The molecule has 2 atom stereocenters. The first kappa shape index (κ1) is 13.9. The zero-order valence-electron chi connectivity index (χ0n) is 10.7. The van der Waals surface area contributed by atoms with E-state index in [-0.39, 0.29) is 11.9 Å². The molecule has 98 valence electrons. The van der Waals surface area contributed by atoms with Gasteiger partial charge in [0.2, 0.25) is 5.91 Å². The minimum atomic E-state index is -0.471. The number of nitrogens with one attached hydrogen (secondary N) is 3. The van der Waals surface area contributed by atoms with Crippen LogP contribution >= 0.6 is 0 Å². The van der Waals surface area contributed by atoms with Gasteiger partial charge in [-0.3, -0.25) is 10.1 Å². The first-order valence-corrected chi connectivity index (χ1v) is 6.00. The quantitative estimate of drug-likeness (QED) is 0.622. The van der Waals surface area contributed by atoms with Crippen LogP contribution in [0.3, 0.4) is 0 Å². The van der Waals surface area contributed by atoms with Crippen molar-refractivity contribution in [2.24, 2.45) is 0 Å². The van der Waals surface area contributed by atoms with Gasteiger partial charge in [-0.15, -0.1) is 0 Å². The Hall–Kier alpha value is -1.14. The highest BCUT2D eigenvalue weighted by molar-refractivity contribution is 5.96. The van der Waals surface area contributed by atoms with Crippen molar-refractivity contribution in [2.45, 2.75) is 31.8 Å². The lowest BCUT2D eigenvalue weighted by atomic mass is 10.2. The molecule has 17 heavy (non-hydrogen) atoms. The van der Waals surface area contributed by atoms with Gasteiger partial charge in [-0.25, -0.2) is 4.79 Å². The molecule has 1 rings (SSSR count). The highest BCUT2D eigenvalue weighted by Gasteiger charge is 2.22. The van der Waals surface area contributed by atoms with Gasteiger partial charge in [-0.05, 0) is 33.4 Å². The number of likely N-dealkylation sites (N-methyl/N-ethyl adjacent to an activating group) is 1. The number of hydrogen-bond donors (Lipinski definition) is 3. The van der Waals surface area contributed by atoms with Crippen molar-refractivity contribution in [2.75, 3.05) is 27.2 Å². The molecule has 3 amide bonds. The van der Waals surface area contributed by atoms with Crippen LogP contribution in [0.15, 0.2) is 0 Å². The number of rotatable bonds is 4. The van der Waals surface area contributed by atoms with Gasteiger partial charge in [0.25, 0.3) is 0 Å². The van der Waals surface area contributed by atoms with Crippen molar-refractivity contribution < 1.29 is 9.59 Å². The van der Waals surface area contributed by atoms with E-state index in [0.717, 1.165) is 19.5 Å². The molecule has 0 saturated carbocycles. The number of imide groups is 1. The highest BCUT2D eigenvalue weighted by Crippen LogP contribution is 2.13.